The monoisotopic (exact) mass is 262 g/mol. The standard InChI is InChI=1S/C16H26N2O/c1-13-7-4-5-9-15(13)16(19)12-18-10-6-8-14(18)11-17(2)3/h4-5,7,9,14,16,19H,6,8,10-12H2,1-3H3. The predicted molar refractivity (Wildman–Crippen MR) is 79.3 cm³/mol. The van der Waals surface area contributed by atoms with Crippen molar-refractivity contribution in [2.45, 2.75) is 31.9 Å². The van der Waals surface area contributed by atoms with Crippen LogP contribution < -0.4 is 0 Å². The molecule has 2 atom stereocenters. The molecule has 0 radical (unpaired) electrons. The molecule has 3 nitrogen and oxygen atoms in total. The fourth-order valence-corrected chi connectivity index (χ4v) is 3.04. The molecule has 0 amide bonds. The maximum absolute atomic E-state index is 10.5. The summed E-state index contributed by atoms with van der Waals surface area (Å²) in [5.74, 6) is 0. The number of hydrogen-bond donors (Lipinski definition) is 1. The molecule has 1 aliphatic rings. The van der Waals surface area contributed by atoms with E-state index in [1.54, 1.807) is 0 Å². The number of rotatable bonds is 5. The van der Waals surface area contributed by atoms with Crippen molar-refractivity contribution in [3.05, 3.63) is 35.4 Å². The van der Waals surface area contributed by atoms with Crippen molar-refractivity contribution in [2.24, 2.45) is 0 Å². The number of β-amino-alcohol motifs (C(OH)–C–C–N with tert-alkyl or cyclic N) is 1. The summed E-state index contributed by atoms with van der Waals surface area (Å²) >= 11 is 0. The quantitative estimate of drug-likeness (QED) is 0.880. The number of hydrogen-bond acceptors (Lipinski definition) is 3. The van der Waals surface area contributed by atoms with Gasteiger partial charge in [0.05, 0.1) is 6.10 Å². The van der Waals surface area contributed by atoms with Crippen LogP contribution in [0.4, 0.5) is 0 Å². The van der Waals surface area contributed by atoms with Gasteiger partial charge in [0.1, 0.15) is 0 Å². The molecule has 0 aliphatic carbocycles. The Morgan fingerprint density at radius 1 is 1.37 bits per heavy atom. The fourth-order valence-electron chi connectivity index (χ4n) is 3.04. The first-order chi connectivity index (χ1) is 9.08. The SMILES string of the molecule is Cc1ccccc1C(O)CN1CCCC1CN(C)C. The highest BCUT2D eigenvalue weighted by atomic mass is 16.3. The first-order valence-electron chi connectivity index (χ1n) is 7.20. The number of likely N-dealkylation sites (tertiary alicyclic amines) is 1. The van der Waals surface area contributed by atoms with E-state index in [4.69, 9.17) is 0 Å². The van der Waals surface area contributed by atoms with Crippen LogP contribution in [0.1, 0.15) is 30.1 Å². The van der Waals surface area contributed by atoms with Gasteiger partial charge in [-0.3, -0.25) is 4.90 Å². The third kappa shape index (κ3) is 3.78. The molecule has 0 spiro atoms. The number of benzene rings is 1. The van der Waals surface area contributed by atoms with E-state index in [1.165, 1.54) is 18.4 Å². The molecule has 106 valence electrons. The maximum Gasteiger partial charge on any atom is 0.0919 e. The van der Waals surface area contributed by atoms with Gasteiger partial charge in [-0.2, -0.15) is 0 Å². The molecule has 1 aromatic carbocycles. The van der Waals surface area contributed by atoms with E-state index in [2.05, 4.69) is 36.9 Å². The third-order valence-corrected chi connectivity index (χ3v) is 4.03. The summed E-state index contributed by atoms with van der Waals surface area (Å²) in [5.41, 5.74) is 2.25. The Labute approximate surface area is 116 Å². The van der Waals surface area contributed by atoms with Crippen LogP contribution in [0.2, 0.25) is 0 Å². The number of likely N-dealkylation sites (N-methyl/N-ethyl adjacent to an activating group) is 1. The number of aliphatic hydroxyl groups excluding tert-OH is 1. The van der Waals surface area contributed by atoms with Crippen molar-refractivity contribution in [1.82, 2.24) is 9.80 Å². The molecule has 1 N–H and O–H groups in total. The summed E-state index contributed by atoms with van der Waals surface area (Å²) in [6.07, 6.45) is 2.13. The summed E-state index contributed by atoms with van der Waals surface area (Å²) in [6.45, 7) is 5.02. The highest BCUT2D eigenvalue weighted by molar-refractivity contribution is 5.27. The minimum Gasteiger partial charge on any atom is -0.387 e. The van der Waals surface area contributed by atoms with Crippen LogP contribution >= 0.6 is 0 Å². The first-order valence-corrected chi connectivity index (χ1v) is 7.20. The fraction of sp³-hybridized carbons (Fsp3) is 0.625. The summed E-state index contributed by atoms with van der Waals surface area (Å²) in [4.78, 5) is 4.68. The Morgan fingerprint density at radius 2 is 2.11 bits per heavy atom. The molecule has 0 saturated carbocycles. The smallest absolute Gasteiger partial charge is 0.0919 e. The molecule has 0 bridgehead atoms. The van der Waals surface area contributed by atoms with Crippen molar-refractivity contribution >= 4 is 0 Å². The second-order valence-electron chi connectivity index (χ2n) is 5.93. The van der Waals surface area contributed by atoms with E-state index in [0.29, 0.717) is 6.04 Å². The van der Waals surface area contributed by atoms with Crippen molar-refractivity contribution < 1.29 is 5.11 Å². The van der Waals surface area contributed by atoms with Crippen molar-refractivity contribution in [3.8, 4) is 0 Å². The van der Waals surface area contributed by atoms with Crippen molar-refractivity contribution in [1.29, 1.82) is 0 Å². The van der Waals surface area contributed by atoms with E-state index in [0.717, 1.165) is 25.2 Å². The molecule has 1 aliphatic heterocycles. The molecule has 2 rings (SSSR count). The zero-order chi connectivity index (χ0) is 13.8. The second-order valence-corrected chi connectivity index (χ2v) is 5.93. The summed E-state index contributed by atoms with van der Waals surface area (Å²) < 4.78 is 0. The Hall–Kier alpha value is -0.900. The average molecular weight is 262 g/mol. The van der Waals surface area contributed by atoms with Crippen LogP contribution in [0, 0.1) is 6.92 Å². The summed E-state index contributed by atoms with van der Waals surface area (Å²) in [7, 11) is 4.24. The molecule has 1 saturated heterocycles. The molecule has 1 aromatic rings. The van der Waals surface area contributed by atoms with Crippen LogP contribution in [-0.2, 0) is 0 Å². The van der Waals surface area contributed by atoms with Gasteiger partial charge in [0, 0.05) is 19.1 Å². The predicted octanol–water partition coefficient (Wildman–Crippen LogP) is 2.05. The zero-order valence-electron chi connectivity index (χ0n) is 12.3. The van der Waals surface area contributed by atoms with Crippen LogP contribution in [-0.4, -0.2) is 54.7 Å². The largest absolute Gasteiger partial charge is 0.387 e. The van der Waals surface area contributed by atoms with Gasteiger partial charge < -0.3 is 10.0 Å². The molecular formula is C16H26N2O. The van der Waals surface area contributed by atoms with Crippen LogP contribution in [0.5, 0.6) is 0 Å². The topological polar surface area (TPSA) is 26.7 Å². The molecule has 2 unspecified atom stereocenters. The first kappa shape index (κ1) is 14.5. The zero-order valence-corrected chi connectivity index (χ0v) is 12.3. The third-order valence-electron chi connectivity index (χ3n) is 4.03. The van der Waals surface area contributed by atoms with Crippen LogP contribution in [0.3, 0.4) is 0 Å². The highest BCUT2D eigenvalue weighted by Gasteiger charge is 2.27. The molecule has 1 fully saturated rings. The Kier molecular flexibility index (Phi) is 4.97. The molecule has 3 heteroatoms. The molecule has 0 aromatic heterocycles. The lowest BCUT2D eigenvalue weighted by Crippen LogP contribution is -2.39. The van der Waals surface area contributed by atoms with Gasteiger partial charge in [-0.05, 0) is 51.5 Å². The van der Waals surface area contributed by atoms with E-state index < -0.39 is 0 Å². The van der Waals surface area contributed by atoms with E-state index >= 15 is 0 Å². The highest BCUT2D eigenvalue weighted by Crippen LogP contribution is 2.23. The summed E-state index contributed by atoms with van der Waals surface area (Å²) in [6, 6.07) is 8.73. The normalized spacial score (nSPS) is 22.1. The van der Waals surface area contributed by atoms with Gasteiger partial charge in [0.2, 0.25) is 0 Å². The van der Waals surface area contributed by atoms with Gasteiger partial charge in [-0.15, -0.1) is 0 Å². The Bertz CT molecular complexity index is 405. The lowest BCUT2D eigenvalue weighted by Gasteiger charge is -2.29. The van der Waals surface area contributed by atoms with Gasteiger partial charge in [-0.1, -0.05) is 24.3 Å². The molecular weight excluding hydrogens is 236 g/mol. The summed E-state index contributed by atoms with van der Waals surface area (Å²) in [5, 5.41) is 10.5. The minimum absolute atomic E-state index is 0.371. The van der Waals surface area contributed by atoms with E-state index in [1.807, 2.05) is 18.2 Å². The van der Waals surface area contributed by atoms with Gasteiger partial charge in [0.15, 0.2) is 0 Å². The maximum atomic E-state index is 10.5. The van der Waals surface area contributed by atoms with Crippen LogP contribution in [0.15, 0.2) is 24.3 Å². The lowest BCUT2D eigenvalue weighted by atomic mass is 10.0. The van der Waals surface area contributed by atoms with Crippen LogP contribution in [0.25, 0.3) is 0 Å². The minimum atomic E-state index is -0.371. The number of nitrogens with zero attached hydrogens (tertiary/aromatic N) is 2. The molecule has 19 heavy (non-hydrogen) atoms. The van der Waals surface area contributed by atoms with Gasteiger partial charge in [-0.25, -0.2) is 0 Å². The molecule has 1 heterocycles. The van der Waals surface area contributed by atoms with Gasteiger partial charge in [0.25, 0.3) is 0 Å². The Morgan fingerprint density at radius 3 is 2.79 bits per heavy atom. The van der Waals surface area contributed by atoms with Gasteiger partial charge >= 0.3 is 0 Å². The van der Waals surface area contributed by atoms with Crippen molar-refractivity contribution in [2.75, 3.05) is 33.7 Å². The average Bonchev–Trinajstić information content (AvgIpc) is 2.76. The number of aliphatic hydroxyl groups is 1. The van der Waals surface area contributed by atoms with E-state index in [9.17, 15) is 5.11 Å². The van der Waals surface area contributed by atoms with Crippen molar-refractivity contribution in [3.63, 3.8) is 0 Å². The van der Waals surface area contributed by atoms with E-state index in [-0.39, 0.29) is 6.10 Å². The Balaban J connectivity index is 1.98. The number of aryl methyl sites for hydroxylation is 1. The second kappa shape index (κ2) is 6.51. The lowest BCUT2D eigenvalue weighted by molar-refractivity contribution is 0.0976.